The summed E-state index contributed by atoms with van der Waals surface area (Å²) in [5, 5.41) is 25.7. The molecule has 3 saturated heterocycles. The van der Waals surface area contributed by atoms with Gasteiger partial charge in [0.05, 0.1) is 56.3 Å². The number of aliphatic carboxylic acids is 1. The van der Waals surface area contributed by atoms with Crippen LogP contribution >= 0.6 is 48.8 Å². The van der Waals surface area contributed by atoms with E-state index in [2.05, 4.69) is 82.4 Å². The number of ether oxygens (including phenoxy) is 3. The molecule has 3 aliphatic heterocycles. The van der Waals surface area contributed by atoms with E-state index in [4.69, 9.17) is 47.4 Å². The molecule has 4 aromatic rings. The maximum atomic E-state index is 12.2. The number of carbonyl (C=O) groups is 6. The third-order valence-corrected chi connectivity index (χ3v) is 11.9. The van der Waals surface area contributed by atoms with Crippen molar-refractivity contribution < 1.29 is 53.2 Å². The number of nitrogens with zero attached hydrogens (tertiary/aromatic N) is 7. The fourth-order valence-corrected chi connectivity index (χ4v) is 7.57. The minimum atomic E-state index is -1.07. The quantitative estimate of drug-likeness (QED) is 0.0685. The summed E-state index contributed by atoms with van der Waals surface area (Å²) >= 11 is 6.36. The SMILES string of the molecule is Br.CC(=O)/C=C/c1cnc(N)c(C(=O)NCCN2CCOCC2)c1.Nc1ncc(/C=C/C(=O)O)cc1C(=O)NCCN1CCOCC1.Nc1ncc(Br)cc1C(=O)NCCN1CCOCC1.Nc1ncc(Br)cc1C(=O)O. The zero-order chi connectivity index (χ0) is 55.4. The number of nitrogens with two attached hydrogens (primary N) is 4. The summed E-state index contributed by atoms with van der Waals surface area (Å²) in [6, 6.07) is 6.23. The van der Waals surface area contributed by atoms with E-state index < -0.39 is 11.9 Å². The molecule has 0 spiro atoms. The molecule has 0 saturated carbocycles. The molecule has 0 aromatic carbocycles. The Morgan fingerprint density at radius 1 is 0.532 bits per heavy atom. The number of halogens is 3. The van der Waals surface area contributed by atoms with Gasteiger partial charge in [0.15, 0.2) is 5.78 Å². The van der Waals surface area contributed by atoms with Crippen molar-refractivity contribution in [2.45, 2.75) is 6.92 Å². The lowest BCUT2D eigenvalue weighted by Gasteiger charge is -2.26. The molecule has 4 aromatic heterocycles. The van der Waals surface area contributed by atoms with E-state index in [0.717, 1.165) is 95.9 Å². The molecule has 418 valence electrons. The molecule has 7 heterocycles. The standard InChI is InChI=1S/C16H22N4O3.C15H20N4O4.C12H17BrN4O2.C6H5BrN2O2.BrH/c1-12(21)2-3-13-10-14(15(17)19-11-13)16(22)18-4-5-20-6-8-23-9-7-20;16-14-12(9-11(10-18-14)1-2-13(20)21)15(22)17-3-4-19-5-7-23-8-6-19;13-9-7-10(11(14)16-8-9)12(18)15-1-2-17-3-5-19-6-4-17;7-3-1-4(6(10)11)5(8)9-2-3;/h2-3,10-11H,4-9H2,1H3,(H2,17,19)(H,18,22);1-2,9-10H,3-8H2,(H2,16,18)(H,17,22)(H,20,21);7-8H,1-6H2,(H2,14,16)(H,15,18);1-2H,(H2,8,9)(H,10,11);1H/b3-2+;2-1+;;;. The van der Waals surface area contributed by atoms with Crippen LogP contribution in [0.4, 0.5) is 23.3 Å². The van der Waals surface area contributed by atoms with Crippen molar-refractivity contribution in [3.63, 3.8) is 0 Å². The summed E-state index contributed by atoms with van der Waals surface area (Å²) in [5.74, 6) is -2.44. The van der Waals surface area contributed by atoms with Crippen molar-refractivity contribution in [1.29, 1.82) is 0 Å². The lowest BCUT2D eigenvalue weighted by atomic mass is 10.1. The van der Waals surface area contributed by atoms with Crippen molar-refractivity contribution in [2.24, 2.45) is 0 Å². The molecular weight excluding hydrogens is 1200 g/mol. The van der Waals surface area contributed by atoms with Gasteiger partial charge in [-0.15, -0.1) is 17.0 Å². The van der Waals surface area contributed by atoms with Crippen LogP contribution in [0.25, 0.3) is 12.2 Å². The lowest BCUT2D eigenvalue weighted by molar-refractivity contribution is -0.131. The zero-order valence-electron chi connectivity index (χ0n) is 42.3. The fourth-order valence-electron chi connectivity index (χ4n) is 6.91. The first-order valence-electron chi connectivity index (χ1n) is 23.8. The van der Waals surface area contributed by atoms with Crippen LogP contribution in [0.5, 0.6) is 0 Å². The number of carboxylic acid groups (broad SMARTS) is 2. The highest BCUT2D eigenvalue weighted by Gasteiger charge is 2.17. The minimum Gasteiger partial charge on any atom is -0.478 e. The molecule has 77 heavy (non-hydrogen) atoms. The summed E-state index contributed by atoms with van der Waals surface area (Å²) in [7, 11) is 0. The first-order chi connectivity index (χ1) is 36.4. The van der Waals surface area contributed by atoms with Gasteiger partial charge in [-0.2, -0.15) is 0 Å². The maximum Gasteiger partial charge on any atom is 0.339 e. The summed E-state index contributed by atoms with van der Waals surface area (Å²) in [4.78, 5) is 90.5. The van der Waals surface area contributed by atoms with Crippen LogP contribution in [0, 0.1) is 0 Å². The maximum absolute atomic E-state index is 12.2. The van der Waals surface area contributed by atoms with Gasteiger partial charge in [0.1, 0.15) is 28.8 Å². The van der Waals surface area contributed by atoms with E-state index >= 15 is 0 Å². The molecule has 0 aliphatic carbocycles. The third kappa shape index (κ3) is 24.6. The molecular formula is C49H65Br3N14O11. The Morgan fingerprint density at radius 3 is 1.17 bits per heavy atom. The summed E-state index contributed by atoms with van der Waals surface area (Å²) in [5.41, 5.74) is 24.6. The van der Waals surface area contributed by atoms with E-state index in [1.54, 1.807) is 24.4 Å². The van der Waals surface area contributed by atoms with E-state index in [1.807, 2.05) is 0 Å². The number of anilines is 4. The van der Waals surface area contributed by atoms with Gasteiger partial charge in [-0.1, -0.05) is 0 Å². The number of carboxylic acids is 2. The van der Waals surface area contributed by atoms with Crippen LogP contribution in [-0.2, 0) is 23.8 Å². The van der Waals surface area contributed by atoms with E-state index in [-0.39, 0.29) is 74.9 Å². The summed E-state index contributed by atoms with van der Waals surface area (Å²) in [6.07, 6.45) is 11.3. The number of aromatic carboxylic acids is 1. The zero-order valence-corrected chi connectivity index (χ0v) is 47.2. The Hall–Kier alpha value is -6.50. The highest BCUT2D eigenvalue weighted by molar-refractivity contribution is 9.10. The van der Waals surface area contributed by atoms with Gasteiger partial charge in [0, 0.05) is 118 Å². The van der Waals surface area contributed by atoms with Gasteiger partial charge >= 0.3 is 11.9 Å². The number of aromatic nitrogens is 4. The highest BCUT2D eigenvalue weighted by atomic mass is 79.9. The third-order valence-electron chi connectivity index (χ3n) is 11.0. The molecule has 0 bridgehead atoms. The summed E-state index contributed by atoms with van der Waals surface area (Å²) < 4.78 is 17.1. The van der Waals surface area contributed by atoms with Crippen LogP contribution in [-0.4, -0.2) is 198 Å². The smallest absolute Gasteiger partial charge is 0.339 e. The lowest BCUT2D eigenvalue weighted by Crippen LogP contribution is -2.41. The molecule has 0 radical (unpaired) electrons. The second-order valence-electron chi connectivity index (χ2n) is 16.6. The summed E-state index contributed by atoms with van der Waals surface area (Å²) in [6.45, 7) is 15.1. The number of morpholine rings is 3. The van der Waals surface area contributed by atoms with Crippen molar-refractivity contribution in [1.82, 2.24) is 50.6 Å². The van der Waals surface area contributed by atoms with Crippen LogP contribution < -0.4 is 38.9 Å². The molecule has 25 nitrogen and oxygen atoms in total. The monoisotopic (exact) mass is 1260 g/mol. The second kappa shape index (κ2) is 35.0. The number of carbonyl (C=O) groups excluding carboxylic acids is 4. The van der Waals surface area contributed by atoms with Crippen LogP contribution in [0.1, 0.15) is 59.5 Å². The predicted molar refractivity (Wildman–Crippen MR) is 302 cm³/mol. The van der Waals surface area contributed by atoms with E-state index in [9.17, 15) is 28.8 Å². The Labute approximate surface area is 472 Å². The first kappa shape index (κ1) is 64.8. The van der Waals surface area contributed by atoms with Gasteiger partial charge in [-0.25, -0.2) is 29.5 Å². The van der Waals surface area contributed by atoms with E-state index in [0.29, 0.717) is 59.6 Å². The average Bonchev–Trinajstić information content (AvgIpc) is 3.40. The van der Waals surface area contributed by atoms with Crippen molar-refractivity contribution in [3.05, 3.63) is 104 Å². The number of nitrogens with one attached hydrogen (secondary N) is 3. The number of amides is 3. The second-order valence-corrected chi connectivity index (χ2v) is 18.5. The van der Waals surface area contributed by atoms with Crippen LogP contribution in [0.3, 0.4) is 0 Å². The number of pyridine rings is 4. The Bertz CT molecular complexity index is 2550. The normalized spacial score (nSPS) is 14.7. The van der Waals surface area contributed by atoms with Gasteiger partial charge in [-0.3, -0.25) is 33.9 Å². The number of rotatable bonds is 17. The van der Waals surface area contributed by atoms with Gasteiger partial charge in [0.25, 0.3) is 17.7 Å². The van der Waals surface area contributed by atoms with Crippen LogP contribution in [0.15, 0.2) is 70.2 Å². The Morgan fingerprint density at radius 2 is 0.844 bits per heavy atom. The number of nitrogen functional groups attached to an aromatic ring is 4. The van der Waals surface area contributed by atoms with Gasteiger partial charge in [-0.05, 0) is 92.4 Å². The molecule has 28 heteroatoms. The van der Waals surface area contributed by atoms with E-state index in [1.165, 1.54) is 49.8 Å². The first-order valence-corrected chi connectivity index (χ1v) is 25.4. The van der Waals surface area contributed by atoms with Crippen LogP contribution in [0.2, 0.25) is 0 Å². The van der Waals surface area contributed by atoms with Crippen molar-refractivity contribution >= 4 is 120 Å². The molecule has 3 aliphatic rings. The Balaban J connectivity index is 0.000000277. The average molecular weight is 1270 g/mol. The molecule has 7 rings (SSSR count). The van der Waals surface area contributed by atoms with Crippen molar-refractivity contribution in [2.75, 3.05) is 141 Å². The highest BCUT2D eigenvalue weighted by Crippen LogP contribution is 2.17. The molecule has 0 atom stereocenters. The predicted octanol–water partition coefficient (Wildman–Crippen LogP) is 2.34. The molecule has 13 N–H and O–H groups in total. The van der Waals surface area contributed by atoms with Gasteiger partial charge < -0.3 is 63.3 Å². The Kier molecular flexibility index (Phi) is 29.5. The minimum absolute atomic E-state index is 0. The number of hydrogen-bond acceptors (Lipinski definition) is 20. The van der Waals surface area contributed by atoms with Crippen molar-refractivity contribution in [3.8, 4) is 0 Å². The number of allylic oxidation sites excluding steroid dienone is 1. The number of ketones is 1. The molecule has 3 fully saturated rings. The molecule has 0 unspecified atom stereocenters. The largest absolute Gasteiger partial charge is 0.478 e. The molecule has 3 amide bonds. The number of hydrogen-bond donors (Lipinski definition) is 9. The fraction of sp³-hybridized carbons (Fsp3) is 0.388. The van der Waals surface area contributed by atoms with Gasteiger partial charge in [0.2, 0.25) is 0 Å². The topological polar surface area (TPSA) is 372 Å².